The third kappa shape index (κ3) is 4.84. The van der Waals surface area contributed by atoms with E-state index in [4.69, 9.17) is 0 Å². The Morgan fingerprint density at radius 2 is 2.00 bits per heavy atom. The molecule has 1 heterocycles. The number of hydrogen-bond donors (Lipinski definition) is 3. The molecule has 2 amide bonds. The topological polar surface area (TPSA) is 81.7 Å². The highest BCUT2D eigenvalue weighted by molar-refractivity contribution is 5.89. The Balaban J connectivity index is 1.73. The molecular formula is C21H27N3O3. The fourth-order valence-electron chi connectivity index (χ4n) is 3.39. The molecule has 0 radical (unpaired) electrons. The van der Waals surface area contributed by atoms with E-state index in [0.717, 1.165) is 10.9 Å². The molecule has 144 valence electrons. The normalized spacial score (nSPS) is 18.3. The van der Waals surface area contributed by atoms with E-state index in [-0.39, 0.29) is 24.8 Å². The second-order valence-electron chi connectivity index (χ2n) is 7.75. The third-order valence-electron chi connectivity index (χ3n) is 4.89. The first-order chi connectivity index (χ1) is 12.9. The summed E-state index contributed by atoms with van der Waals surface area (Å²) < 4.78 is 0. The summed E-state index contributed by atoms with van der Waals surface area (Å²) >= 11 is 0. The lowest BCUT2D eigenvalue weighted by atomic mass is 10.0. The number of aliphatic hydroxyl groups excluding tert-OH is 1. The van der Waals surface area contributed by atoms with Crippen LogP contribution in [0.1, 0.15) is 25.8 Å². The number of fused-ring (bicyclic) bond motifs is 1. The molecule has 6 nitrogen and oxygen atoms in total. The fraction of sp³-hybridized carbons (Fsp3) is 0.429. The average molecular weight is 369 g/mol. The number of aliphatic hydroxyl groups is 1. The van der Waals surface area contributed by atoms with Gasteiger partial charge in [0, 0.05) is 19.6 Å². The smallest absolute Gasteiger partial charge is 0.237 e. The van der Waals surface area contributed by atoms with Crippen LogP contribution in [0, 0.1) is 0 Å². The first-order valence-electron chi connectivity index (χ1n) is 9.29. The number of piperazine rings is 1. The molecule has 0 unspecified atom stereocenters. The molecule has 6 heteroatoms. The minimum Gasteiger partial charge on any atom is -0.394 e. The van der Waals surface area contributed by atoms with E-state index >= 15 is 0 Å². The van der Waals surface area contributed by atoms with Crippen LogP contribution in [0.2, 0.25) is 0 Å². The van der Waals surface area contributed by atoms with Crippen molar-refractivity contribution < 1.29 is 14.7 Å². The van der Waals surface area contributed by atoms with Gasteiger partial charge in [-0.3, -0.25) is 14.5 Å². The molecule has 0 bridgehead atoms. The Bertz CT molecular complexity index is 834. The Labute approximate surface area is 159 Å². The molecule has 3 N–H and O–H groups in total. The van der Waals surface area contributed by atoms with Crippen molar-refractivity contribution in [3.8, 4) is 0 Å². The van der Waals surface area contributed by atoms with Gasteiger partial charge < -0.3 is 15.7 Å². The average Bonchev–Trinajstić information content (AvgIpc) is 2.64. The molecule has 1 aliphatic rings. The van der Waals surface area contributed by atoms with Crippen LogP contribution < -0.4 is 10.6 Å². The summed E-state index contributed by atoms with van der Waals surface area (Å²) in [5, 5.41) is 17.3. The van der Waals surface area contributed by atoms with Crippen molar-refractivity contribution in [2.24, 2.45) is 0 Å². The quantitative estimate of drug-likeness (QED) is 0.719. The second kappa shape index (κ2) is 8.06. The van der Waals surface area contributed by atoms with Gasteiger partial charge in [0.05, 0.1) is 24.6 Å². The molecule has 1 atom stereocenters. The van der Waals surface area contributed by atoms with E-state index in [0.29, 0.717) is 19.6 Å². The van der Waals surface area contributed by atoms with Crippen LogP contribution >= 0.6 is 0 Å². The van der Waals surface area contributed by atoms with Gasteiger partial charge in [0.15, 0.2) is 0 Å². The van der Waals surface area contributed by atoms with E-state index in [1.165, 1.54) is 5.39 Å². The molecule has 0 spiro atoms. The minimum absolute atomic E-state index is 0.0723. The molecule has 2 aromatic rings. The Kier molecular flexibility index (Phi) is 5.77. The summed E-state index contributed by atoms with van der Waals surface area (Å²) in [6.45, 7) is 5.22. The summed E-state index contributed by atoms with van der Waals surface area (Å²) in [5.74, 6) is -0.362. The van der Waals surface area contributed by atoms with Crippen molar-refractivity contribution >= 4 is 22.6 Å². The van der Waals surface area contributed by atoms with Gasteiger partial charge in [-0.15, -0.1) is 0 Å². The van der Waals surface area contributed by atoms with Gasteiger partial charge >= 0.3 is 0 Å². The molecule has 27 heavy (non-hydrogen) atoms. The number of amides is 2. The Morgan fingerprint density at radius 3 is 2.74 bits per heavy atom. The third-order valence-corrected chi connectivity index (χ3v) is 4.89. The zero-order valence-electron chi connectivity index (χ0n) is 15.9. The van der Waals surface area contributed by atoms with Gasteiger partial charge in [-0.2, -0.15) is 0 Å². The van der Waals surface area contributed by atoms with Crippen LogP contribution in [0.15, 0.2) is 42.5 Å². The lowest BCUT2D eigenvalue weighted by Gasteiger charge is -2.35. The second-order valence-corrected chi connectivity index (χ2v) is 7.75. The Morgan fingerprint density at radius 1 is 1.26 bits per heavy atom. The molecular weight excluding hydrogens is 342 g/mol. The van der Waals surface area contributed by atoms with Gasteiger partial charge in [-0.05, 0) is 36.2 Å². The van der Waals surface area contributed by atoms with E-state index < -0.39 is 11.6 Å². The maximum absolute atomic E-state index is 12.4. The largest absolute Gasteiger partial charge is 0.394 e. The molecule has 2 aromatic carbocycles. The highest BCUT2D eigenvalue weighted by Gasteiger charge is 2.32. The zero-order chi connectivity index (χ0) is 19.4. The summed E-state index contributed by atoms with van der Waals surface area (Å²) in [6, 6.07) is 13.9. The number of rotatable bonds is 6. The predicted molar refractivity (Wildman–Crippen MR) is 105 cm³/mol. The first kappa shape index (κ1) is 19.3. The van der Waals surface area contributed by atoms with E-state index in [9.17, 15) is 14.7 Å². The number of carbonyl (C=O) groups excluding carboxylic acids is 2. The van der Waals surface area contributed by atoms with Crippen molar-refractivity contribution in [3.05, 3.63) is 48.0 Å². The fourth-order valence-corrected chi connectivity index (χ4v) is 3.39. The van der Waals surface area contributed by atoms with Crippen LogP contribution in [0.5, 0.6) is 0 Å². The summed E-state index contributed by atoms with van der Waals surface area (Å²) in [7, 11) is 0. The lowest BCUT2D eigenvalue weighted by molar-refractivity contribution is -0.135. The molecule has 0 saturated carbocycles. The van der Waals surface area contributed by atoms with Gasteiger partial charge in [-0.1, -0.05) is 36.4 Å². The summed E-state index contributed by atoms with van der Waals surface area (Å²) in [6.07, 6.45) is 0.0723. The maximum atomic E-state index is 12.4. The standard InChI is InChI=1S/C21H27N3O3/c1-21(2,14-25)23-19(26)12-18-20(27)22-9-10-24(18)13-15-7-8-16-5-3-4-6-17(16)11-15/h3-8,11,18,25H,9-10,12-14H2,1-2H3,(H,22,27)(H,23,26)/t18-/m1/s1. The first-order valence-corrected chi connectivity index (χ1v) is 9.29. The van der Waals surface area contributed by atoms with Gasteiger partial charge in [0.25, 0.3) is 0 Å². The van der Waals surface area contributed by atoms with E-state index in [1.807, 2.05) is 12.1 Å². The molecule has 0 aromatic heterocycles. The number of hydrogen-bond acceptors (Lipinski definition) is 4. The molecule has 1 aliphatic heterocycles. The van der Waals surface area contributed by atoms with Crippen LogP contribution in [0.25, 0.3) is 10.8 Å². The molecule has 0 aliphatic carbocycles. The van der Waals surface area contributed by atoms with Crippen molar-refractivity contribution in [1.82, 2.24) is 15.5 Å². The lowest BCUT2D eigenvalue weighted by Crippen LogP contribution is -2.57. The van der Waals surface area contributed by atoms with Crippen molar-refractivity contribution in [1.29, 1.82) is 0 Å². The number of nitrogens with one attached hydrogen (secondary N) is 2. The van der Waals surface area contributed by atoms with Crippen molar-refractivity contribution in [3.63, 3.8) is 0 Å². The Hall–Kier alpha value is -2.44. The zero-order valence-corrected chi connectivity index (χ0v) is 15.9. The molecule has 3 rings (SSSR count). The van der Waals surface area contributed by atoms with E-state index in [1.54, 1.807) is 13.8 Å². The monoisotopic (exact) mass is 369 g/mol. The van der Waals surface area contributed by atoms with Crippen LogP contribution in [0.3, 0.4) is 0 Å². The minimum atomic E-state index is -0.703. The van der Waals surface area contributed by atoms with Crippen molar-refractivity contribution in [2.75, 3.05) is 19.7 Å². The van der Waals surface area contributed by atoms with Gasteiger partial charge in [0.1, 0.15) is 0 Å². The van der Waals surface area contributed by atoms with Crippen LogP contribution in [-0.4, -0.2) is 53.1 Å². The highest BCUT2D eigenvalue weighted by Crippen LogP contribution is 2.19. The number of benzene rings is 2. The van der Waals surface area contributed by atoms with Crippen molar-refractivity contribution in [2.45, 2.75) is 38.4 Å². The highest BCUT2D eigenvalue weighted by atomic mass is 16.3. The van der Waals surface area contributed by atoms with Crippen LogP contribution in [-0.2, 0) is 16.1 Å². The summed E-state index contributed by atoms with van der Waals surface area (Å²) in [4.78, 5) is 26.8. The summed E-state index contributed by atoms with van der Waals surface area (Å²) in [5.41, 5.74) is 0.412. The maximum Gasteiger partial charge on any atom is 0.237 e. The number of nitrogens with zero attached hydrogens (tertiary/aromatic N) is 1. The van der Waals surface area contributed by atoms with Crippen LogP contribution in [0.4, 0.5) is 0 Å². The SMILES string of the molecule is CC(C)(CO)NC(=O)C[C@@H]1C(=O)NCCN1Cc1ccc2ccccc2c1. The molecule has 1 saturated heterocycles. The van der Waals surface area contributed by atoms with E-state index in [2.05, 4.69) is 45.9 Å². The predicted octanol–water partition coefficient (Wildman–Crippen LogP) is 1.42. The van der Waals surface area contributed by atoms with Gasteiger partial charge in [0.2, 0.25) is 11.8 Å². The van der Waals surface area contributed by atoms with Gasteiger partial charge in [-0.25, -0.2) is 0 Å². The molecule has 1 fully saturated rings. The number of carbonyl (C=O) groups is 2.